The van der Waals surface area contributed by atoms with E-state index in [1.807, 2.05) is 0 Å². The first kappa shape index (κ1) is 21.9. The van der Waals surface area contributed by atoms with Crippen LogP contribution in [-0.2, 0) is 9.53 Å². The number of nitrogens with zero attached hydrogens (tertiary/aromatic N) is 3. The van der Waals surface area contributed by atoms with E-state index in [0.717, 1.165) is 0 Å². The minimum atomic E-state index is -0.501. The first-order valence-corrected chi connectivity index (χ1v) is 10.2. The zero-order valence-corrected chi connectivity index (χ0v) is 17.3. The van der Waals surface area contributed by atoms with Crippen molar-refractivity contribution in [1.82, 2.24) is 10.2 Å². The van der Waals surface area contributed by atoms with Crippen LogP contribution in [0.25, 0.3) is 11.3 Å². The molecule has 9 nitrogen and oxygen atoms in total. The molecule has 2 aromatic carbocycles. The van der Waals surface area contributed by atoms with Gasteiger partial charge in [0.2, 0.25) is 5.91 Å². The quantitative estimate of drug-likeness (QED) is 0.242. The van der Waals surface area contributed by atoms with Crippen molar-refractivity contribution in [2.75, 3.05) is 17.7 Å². The van der Waals surface area contributed by atoms with Gasteiger partial charge in [-0.15, -0.1) is 10.2 Å². The molecule has 1 aromatic heterocycles. The predicted octanol–water partition coefficient (Wildman–Crippen LogP) is 3.96. The number of nitro benzene ring substituents is 1. The van der Waals surface area contributed by atoms with Crippen LogP contribution in [0.15, 0.2) is 65.7 Å². The summed E-state index contributed by atoms with van der Waals surface area (Å²) < 4.78 is 5.00. The Bertz CT molecular complexity index is 1090. The van der Waals surface area contributed by atoms with Crippen molar-refractivity contribution in [1.29, 1.82) is 0 Å². The van der Waals surface area contributed by atoms with Crippen molar-refractivity contribution >= 4 is 35.0 Å². The van der Waals surface area contributed by atoms with Gasteiger partial charge in [0, 0.05) is 17.7 Å². The third-order valence-corrected chi connectivity index (χ3v) is 4.98. The summed E-state index contributed by atoms with van der Waals surface area (Å²) in [7, 11) is 0. The Morgan fingerprint density at radius 2 is 1.81 bits per heavy atom. The van der Waals surface area contributed by atoms with Crippen molar-refractivity contribution in [3.8, 4) is 11.3 Å². The summed E-state index contributed by atoms with van der Waals surface area (Å²) in [4.78, 5) is 34.6. The molecule has 1 N–H and O–H groups in total. The summed E-state index contributed by atoms with van der Waals surface area (Å²) in [5.41, 5.74) is 1.93. The fraction of sp³-hybridized carbons (Fsp3) is 0.143. The molecule has 0 aliphatic rings. The van der Waals surface area contributed by atoms with Crippen LogP contribution < -0.4 is 5.32 Å². The maximum Gasteiger partial charge on any atom is 0.340 e. The number of ether oxygens (including phenoxy) is 1. The molecule has 0 aliphatic heterocycles. The number of benzene rings is 2. The van der Waals surface area contributed by atoms with Gasteiger partial charge < -0.3 is 10.1 Å². The minimum absolute atomic E-state index is 0.000530. The Labute approximate surface area is 182 Å². The van der Waals surface area contributed by atoms with E-state index in [4.69, 9.17) is 4.74 Å². The van der Waals surface area contributed by atoms with Crippen LogP contribution in [-0.4, -0.2) is 39.4 Å². The number of nitro groups is 1. The molecule has 0 radical (unpaired) electrons. The third-order valence-electron chi connectivity index (χ3n) is 4.06. The zero-order chi connectivity index (χ0) is 22.2. The van der Waals surface area contributed by atoms with E-state index in [9.17, 15) is 19.7 Å². The number of carbonyl (C=O) groups excluding carboxylic acids is 2. The number of nitrogens with one attached hydrogen (secondary N) is 1. The lowest BCUT2D eigenvalue weighted by Crippen LogP contribution is -2.17. The molecule has 158 valence electrons. The number of hydrogen-bond acceptors (Lipinski definition) is 8. The Morgan fingerprint density at radius 1 is 1.06 bits per heavy atom. The first-order valence-electron chi connectivity index (χ1n) is 9.25. The number of carbonyl (C=O) groups is 2. The summed E-state index contributed by atoms with van der Waals surface area (Å²) in [6, 6.07) is 16.1. The molecular formula is C21H18N4O5S. The van der Waals surface area contributed by atoms with Gasteiger partial charge in [-0.05, 0) is 43.3 Å². The molecule has 0 aliphatic carbocycles. The summed E-state index contributed by atoms with van der Waals surface area (Å²) in [5, 5.41) is 22.2. The fourth-order valence-electron chi connectivity index (χ4n) is 2.61. The van der Waals surface area contributed by atoms with E-state index in [1.54, 1.807) is 55.5 Å². The lowest BCUT2D eigenvalue weighted by Gasteiger charge is -2.10. The standard InChI is InChI=1S/C21H18N4O5S/c1-2-30-21(27)16-5-3-4-6-18(16)22-19(26)13-31-20-12-11-17(23-24-20)14-7-9-15(10-8-14)25(28)29/h3-12H,2,13H2,1H3,(H,22,26). The van der Waals surface area contributed by atoms with Gasteiger partial charge >= 0.3 is 5.97 Å². The second kappa shape index (κ2) is 10.3. The molecule has 0 unspecified atom stereocenters. The number of anilines is 1. The fourth-order valence-corrected chi connectivity index (χ4v) is 3.22. The molecule has 0 atom stereocenters. The molecule has 0 spiro atoms. The van der Waals surface area contributed by atoms with Crippen molar-refractivity contribution in [2.45, 2.75) is 11.9 Å². The van der Waals surface area contributed by atoms with Crippen LogP contribution in [0.2, 0.25) is 0 Å². The second-order valence-electron chi connectivity index (χ2n) is 6.16. The summed E-state index contributed by atoms with van der Waals surface area (Å²) in [6.07, 6.45) is 0. The maximum atomic E-state index is 12.3. The molecule has 1 heterocycles. The van der Waals surface area contributed by atoms with Crippen molar-refractivity contribution in [3.05, 3.63) is 76.3 Å². The van der Waals surface area contributed by atoms with E-state index < -0.39 is 10.9 Å². The van der Waals surface area contributed by atoms with Gasteiger partial charge in [0.15, 0.2) is 0 Å². The Balaban J connectivity index is 1.59. The number of aromatic nitrogens is 2. The van der Waals surface area contributed by atoms with E-state index in [1.165, 1.54) is 23.9 Å². The smallest absolute Gasteiger partial charge is 0.340 e. The number of hydrogen-bond donors (Lipinski definition) is 1. The van der Waals surface area contributed by atoms with Crippen LogP contribution >= 0.6 is 11.8 Å². The topological polar surface area (TPSA) is 124 Å². The van der Waals surface area contributed by atoms with E-state index in [-0.39, 0.29) is 29.5 Å². The molecular weight excluding hydrogens is 420 g/mol. The summed E-state index contributed by atoms with van der Waals surface area (Å²) in [6.45, 7) is 1.95. The van der Waals surface area contributed by atoms with Gasteiger partial charge in [-0.1, -0.05) is 23.9 Å². The Kier molecular flexibility index (Phi) is 7.28. The predicted molar refractivity (Wildman–Crippen MR) is 116 cm³/mol. The molecule has 31 heavy (non-hydrogen) atoms. The van der Waals surface area contributed by atoms with Crippen LogP contribution in [0.4, 0.5) is 11.4 Å². The van der Waals surface area contributed by atoms with Gasteiger partial charge in [0.05, 0.1) is 34.2 Å². The lowest BCUT2D eigenvalue weighted by molar-refractivity contribution is -0.384. The van der Waals surface area contributed by atoms with E-state index >= 15 is 0 Å². The highest BCUT2D eigenvalue weighted by atomic mass is 32.2. The normalized spacial score (nSPS) is 10.4. The van der Waals surface area contributed by atoms with Gasteiger partial charge in [0.25, 0.3) is 5.69 Å². The van der Waals surface area contributed by atoms with Crippen molar-refractivity contribution in [2.24, 2.45) is 0 Å². The highest BCUT2D eigenvalue weighted by Crippen LogP contribution is 2.23. The first-order chi connectivity index (χ1) is 15.0. The molecule has 0 saturated carbocycles. The number of esters is 1. The molecule has 1 amide bonds. The average Bonchev–Trinajstić information content (AvgIpc) is 2.78. The van der Waals surface area contributed by atoms with Gasteiger partial charge in [-0.3, -0.25) is 14.9 Å². The molecule has 0 bridgehead atoms. The van der Waals surface area contributed by atoms with Gasteiger partial charge in [-0.25, -0.2) is 4.79 Å². The highest BCUT2D eigenvalue weighted by Gasteiger charge is 2.14. The number of amides is 1. The van der Waals surface area contributed by atoms with Gasteiger partial charge in [0.1, 0.15) is 5.03 Å². The van der Waals surface area contributed by atoms with Crippen LogP contribution in [0.5, 0.6) is 0 Å². The molecule has 3 rings (SSSR count). The van der Waals surface area contributed by atoms with Crippen molar-refractivity contribution < 1.29 is 19.2 Å². The molecule has 3 aromatic rings. The Morgan fingerprint density at radius 3 is 2.45 bits per heavy atom. The van der Waals surface area contributed by atoms with Crippen LogP contribution in [0.3, 0.4) is 0 Å². The summed E-state index contributed by atoms with van der Waals surface area (Å²) in [5.74, 6) is -0.732. The maximum absolute atomic E-state index is 12.3. The highest BCUT2D eigenvalue weighted by molar-refractivity contribution is 7.99. The monoisotopic (exact) mass is 438 g/mol. The van der Waals surface area contributed by atoms with E-state index in [0.29, 0.717) is 22.0 Å². The van der Waals surface area contributed by atoms with Crippen LogP contribution in [0.1, 0.15) is 17.3 Å². The average molecular weight is 438 g/mol. The number of para-hydroxylation sites is 1. The number of rotatable bonds is 8. The third kappa shape index (κ3) is 5.86. The minimum Gasteiger partial charge on any atom is -0.462 e. The largest absolute Gasteiger partial charge is 0.462 e. The number of thioether (sulfide) groups is 1. The van der Waals surface area contributed by atoms with Crippen molar-refractivity contribution in [3.63, 3.8) is 0 Å². The summed E-state index contributed by atoms with van der Waals surface area (Å²) >= 11 is 1.19. The molecule has 0 saturated heterocycles. The Hall–Kier alpha value is -3.79. The second-order valence-corrected chi connectivity index (χ2v) is 7.16. The SMILES string of the molecule is CCOC(=O)c1ccccc1NC(=O)CSc1ccc(-c2ccc([N+](=O)[O-])cc2)nn1. The lowest BCUT2D eigenvalue weighted by atomic mass is 10.1. The number of non-ortho nitro benzene ring substituents is 1. The molecule has 0 fully saturated rings. The molecule has 10 heteroatoms. The van der Waals surface area contributed by atoms with E-state index in [2.05, 4.69) is 15.5 Å². The van der Waals surface area contributed by atoms with Crippen LogP contribution in [0, 0.1) is 10.1 Å². The zero-order valence-electron chi connectivity index (χ0n) is 16.5. The van der Waals surface area contributed by atoms with Gasteiger partial charge in [-0.2, -0.15) is 0 Å².